The molecule has 1 aromatic heterocycles. The molecule has 0 saturated carbocycles. The molecule has 0 aliphatic heterocycles. The predicted octanol–water partition coefficient (Wildman–Crippen LogP) is 4.06. The molecule has 7 heteroatoms. The number of nitrogens with zero attached hydrogens (tertiary/aromatic N) is 1. The highest BCUT2D eigenvalue weighted by Crippen LogP contribution is 2.11. The SMILES string of the molecule is Cc1ccc(NC(=O)Cn2c(C)ccc(NC(=O)Nc3cccc(C)c3)c2=O)cc1. The number of aryl methyl sites for hydroxylation is 3. The number of hydrogen-bond acceptors (Lipinski definition) is 3. The van der Waals surface area contributed by atoms with Gasteiger partial charge in [-0.3, -0.25) is 9.59 Å². The van der Waals surface area contributed by atoms with E-state index >= 15 is 0 Å². The van der Waals surface area contributed by atoms with Crippen molar-refractivity contribution < 1.29 is 9.59 Å². The maximum atomic E-state index is 12.8. The van der Waals surface area contributed by atoms with E-state index in [0.29, 0.717) is 17.1 Å². The number of nitrogens with one attached hydrogen (secondary N) is 3. The van der Waals surface area contributed by atoms with Gasteiger partial charge < -0.3 is 20.5 Å². The molecular weight excluding hydrogens is 380 g/mol. The molecule has 3 rings (SSSR count). The van der Waals surface area contributed by atoms with Crippen molar-refractivity contribution in [3.05, 3.63) is 87.8 Å². The molecule has 0 atom stereocenters. The summed E-state index contributed by atoms with van der Waals surface area (Å²) in [5.74, 6) is -0.328. The Morgan fingerprint density at radius 3 is 2.23 bits per heavy atom. The lowest BCUT2D eigenvalue weighted by molar-refractivity contribution is -0.116. The largest absolute Gasteiger partial charge is 0.325 e. The zero-order chi connectivity index (χ0) is 21.7. The van der Waals surface area contributed by atoms with E-state index in [2.05, 4.69) is 16.0 Å². The van der Waals surface area contributed by atoms with Crippen LogP contribution >= 0.6 is 0 Å². The second kappa shape index (κ2) is 9.09. The number of carbonyl (C=O) groups is 2. The summed E-state index contributed by atoms with van der Waals surface area (Å²) in [6.45, 7) is 5.45. The Morgan fingerprint density at radius 2 is 1.53 bits per heavy atom. The Labute approximate surface area is 174 Å². The Morgan fingerprint density at radius 1 is 0.800 bits per heavy atom. The van der Waals surface area contributed by atoms with Gasteiger partial charge in [-0.1, -0.05) is 29.8 Å². The zero-order valence-electron chi connectivity index (χ0n) is 17.2. The first-order valence-corrected chi connectivity index (χ1v) is 9.53. The van der Waals surface area contributed by atoms with E-state index in [4.69, 9.17) is 0 Å². The van der Waals surface area contributed by atoms with E-state index < -0.39 is 11.6 Å². The fourth-order valence-electron chi connectivity index (χ4n) is 2.95. The smallest absolute Gasteiger partial charge is 0.323 e. The molecule has 0 unspecified atom stereocenters. The van der Waals surface area contributed by atoms with E-state index in [-0.39, 0.29) is 18.1 Å². The highest BCUT2D eigenvalue weighted by molar-refractivity contribution is 5.99. The summed E-state index contributed by atoms with van der Waals surface area (Å²) in [6.07, 6.45) is 0. The molecule has 3 N–H and O–H groups in total. The van der Waals surface area contributed by atoms with Gasteiger partial charge in [-0.25, -0.2) is 4.79 Å². The summed E-state index contributed by atoms with van der Waals surface area (Å²) in [5.41, 5.74) is 3.62. The van der Waals surface area contributed by atoms with Crippen molar-refractivity contribution in [3.8, 4) is 0 Å². The quantitative estimate of drug-likeness (QED) is 0.599. The third kappa shape index (κ3) is 5.35. The number of benzene rings is 2. The topological polar surface area (TPSA) is 92.2 Å². The standard InChI is InChI=1S/C23H24N4O3/c1-15-7-10-18(11-8-15)24-21(28)14-27-17(3)9-12-20(22(27)29)26-23(30)25-19-6-4-5-16(2)13-19/h4-13H,14H2,1-3H3,(H,24,28)(H2,25,26,30). The first-order chi connectivity index (χ1) is 14.3. The molecule has 0 saturated heterocycles. The second-order valence-electron chi connectivity index (χ2n) is 7.14. The molecule has 0 spiro atoms. The predicted molar refractivity (Wildman–Crippen MR) is 119 cm³/mol. The lowest BCUT2D eigenvalue weighted by Crippen LogP contribution is -2.32. The number of urea groups is 1. The maximum absolute atomic E-state index is 12.8. The Balaban J connectivity index is 1.71. The van der Waals surface area contributed by atoms with Crippen molar-refractivity contribution in [2.45, 2.75) is 27.3 Å². The van der Waals surface area contributed by atoms with Crippen molar-refractivity contribution in [2.75, 3.05) is 16.0 Å². The van der Waals surface area contributed by atoms with Gasteiger partial charge in [-0.05, 0) is 62.7 Å². The number of rotatable bonds is 5. The molecule has 0 fully saturated rings. The zero-order valence-corrected chi connectivity index (χ0v) is 17.2. The van der Waals surface area contributed by atoms with Crippen LogP contribution in [0.1, 0.15) is 16.8 Å². The van der Waals surface area contributed by atoms with Gasteiger partial charge in [0.05, 0.1) is 0 Å². The lowest BCUT2D eigenvalue weighted by atomic mass is 10.2. The average Bonchev–Trinajstić information content (AvgIpc) is 2.69. The minimum absolute atomic E-state index is 0.0916. The van der Waals surface area contributed by atoms with Crippen LogP contribution < -0.4 is 21.5 Å². The molecule has 0 aliphatic rings. The van der Waals surface area contributed by atoms with E-state index in [9.17, 15) is 14.4 Å². The van der Waals surface area contributed by atoms with Crippen LogP contribution in [0.25, 0.3) is 0 Å². The van der Waals surface area contributed by atoms with Crippen LogP contribution in [-0.4, -0.2) is 16.5 Å². The lowest BCUT2D eigenvalue weighted by Gasteiger charge is -2.13. The van der Waals surface area contributed by atoms with Crippen LogP contribution in [-0.2, 0) is 11.3 Å². The van der Waals surface area contributed by atoms with Crippen molar-refractivity contribution in [2.24, 2.45) is 0 Å². The van der Waals surface area contributed by atoms with Crippen molar-refractivity contribution in [3.63, 3.8) is 0 Å². The van der Waals surface area contributed by atoms with Crippen LogP contribution in [0.4, 0.5) is 21.9 Å². The normalized spacial score (nSPS) is 10.4. The van der Waals surface area contributed by atoms with Crippen LogP contribution in [0, 0.1) is 20.8 Å². The Hall–Kier alpha value is -3.87. The van der Waals surface area contributed by atoms with Gasteiger partial charge in [-0.2, -0.15) is 0 Å². The van der Waals surface area contributed by atoms with E-state index in [1.165, 1.54) is 10.6 Å². The van der Waals surface area contributed by atoms with Gasteiger partial charge in [-0.15, -0.1) is 0 Å². The molecular formula is C23H24N4O3. The van der Waals surface area contributed by atoms with E-state index in [0.717, 1.165) is 11.1 Å². The number of aromatic nitrogens is 1. The number of hydrogen-bond donors (Lipinski definition) is 3. The van der Waals surface area contributed by atoms with Crippen LogP contribution in [0.3, 0.4) is 0 Å². The Kier molecular flexibility index (Phi) is 6.32. The van der Waals surface area contributed by atoms with Gasteiger partial charge in [0.1, 0.15) is 12.2 Å². The summed E-state index contributed by atoms with van der Waals surface area (Å²) in [4.78, 5) is 37.5. The monoisotopic (exact) mass is 404 g/mol. The molecule has 3 aromatic rings. The molecule has 1 heterocycles. The first kappa shape index (κ1) is 20.9. The molecule has 0 radical (unpaired) electrons. The number of pyridine rings is 1. The van der Waals surface area contributed by atoms with E-state index in [1.54, 1.807) is 31.2 Å². The summed E-state index contributed by atoms with van der Waals surface area (Å²) in [7, 11) is 0. The van der Waals surface area contributed by atoms with Gasteiger partial charge in [0.25, 0.3) is 5.56 Å². The minimum Gasteiger partial charge on any atom is -0.325 e. The van der Waals surface area contributed by atoms with Crippen molar-refractivity contribution in [1.82, 2.24) is 4.57 Å². The second-order valence-corrected chi connectivity index (χ2v) is 7.14. The summed E-state index contributed by atoms with van der Waals surface area (Å²) >= 11 is 0. The molecule has 0 bridgehead atoms. The molecule has 3 amide bonds. The van der Waals surface area contributed by atoms with Gasteiger partial charge >= 0.3 is 6.03 Å². The minimum atomic E-state index is -0.530. The third-order valence-corrected chi connectivity index (χ3v) is 4.55. The summed E-state index contributed by atoms with van der Waals surface area (Å²) in [6, 6.07) is 17.4. The number of amides is 3. The van der Waals surface area contributed by atoms with Crippen LogP contribution in [0.5, 0.6) is 0 Å². The van der Waals surface area contributed by atoms with Gasteiger partial charge in [0.2, 0.25) is 5.91 Å². The summed E-state index contributed by atoms with van der Waals surface area (Å²) < 4.78 is 1.33. The maximum Gasteiger partial charge on any atom is 0.323 e. The first-order valence-electron chi connectivity index (χ1n) is 9.53. The molecule has 0 aliphatic carbocycles. The van der Waals surface area contributed by atoms with Crippen LogP contribution in [0.15, 0.2) is 65.5 Å². The van der Waals surface area contributed by atoms with Gasteiger partial charge in [0, 0.05) is 17.1 Å². The number of anilines is 3. The molecule has 154 valence electrons. The molecule has 2 aromatic carbocycles. The number of carbonyl (C=O) groups excluding carboxylic acids is 2. The summed E-state index contributed by atoms with van der Waals surface area (Å²) in [5, 5.41) is 8.02. The highest BCUT2D eigenvalue weighted by Gasteiger charge is 2.13. The van der Waals surface area contributed by atoms with Crippen molar-refractivity contribution in [1.29, 1.82) is 0 Å². The fraction of sp³-hybridized carbons (Fsp3) is 0.174. The Bertz CT molecular complexity index is 1130. The highest BCUT2D eigenvalue weighted by atomic mass is 16.2. The molecule has 30 heavy (non-hydrogen) atoms. The van der Waals surface area contributed by atoms with E-state index in [1.807, 2.05) is 44.2 Å². The molecule has 7 nitrogen and oxygen atoms in total. The van der Waals surface area contributed by atoms with Crippen molar-refractivity contribution >= 4 is 29.0 Å². The fourth-order valence-corrected chi connectivity index (χ4v) is 2.95. The van der Waals surface area contributed by atoms with Gasteiger partial charge in [0.15, 0.2) is 0 Å². The van der Waals surface area contributed by atoms with Crippen LogP contribution in [0.2, 0.25) is 0 Å². The third-order valence-electron chi connectivity index (χ3n) is 4.55. The average molecular weight is 404 g/mol.